The van der Waals surface area contributed by atoms with Gasteiger partial charge in [0.05, 0.1) is 55.2 Å². The molecule has 41 heavy (non-hydrogen) atoms. The predicted molar refractivity (Wildman–Crippen MR) is 160 cm³/mol. The van der Waals surface area contributed by atoms with Crippen molar-refractivity contribution >= 4 is 33.0 Å². The third kappa shape index (κ3) is 6.58. The first-order valence-electron chi connectivity index (χ1n) is 12.7. The fourth-order valence-electron chi connectivity index (χ4n) is 4.15. The number of nitrogens with zero attached hydrogens (tertiary/aromatic N) is 2. The smallest absolute Gasteiger partial charge is 0.224 e. The van der Waals surface area contributed by atoms with Crippen molar-refractivity contribution in [1.82, 2.24) is 0 Å². The highest BCUT2D eigenvalue weighted by molar-refractivity contribution is 7.91. The van der Waals surface area contributed by atoms with Gasteiger partial charge in [-0.25, -0.2) is 18.4 Å². The highest BCUT2D eigenvalue weighted by Crippen LogP contribution is 2.28. The van der Waals surface area contributed by atoms with E-state index >= 15 is 0 Å². The molecule has 0 aliphatic heterocycles. The lowest BCUT2D eigenvalue weighted by Gasteiger charge is -2.11. The molecule has 0 aliphatic rings. The van der Waals surface area contributed by atoms with Crippen molar-refractivity contribution < 1.29 is 27.4 Å². The van der Waals surface area contributed by atoms with Crippen LogP contribution in [-0.4, -0.2) is 48.7 Å². The number of hydrogen-bond acceptors (Lipinski definition) is 8. The van der Waals surface area contributed by atoms with Crippen LogP contribution < -0.4 is 9.47 Å². The van der Waals surface area contributed by atoms with Crippen LogP contribution in [0.5, 0.6) is 11.5 Å². The number of aliphatic imine (C=N–C) groups is 2. The predicted octanol–water partition coefficient (Wildman–Crippen LogP) is 6.60. The Labute approximate surface area is 240 Å². The molecule has 0 atom stereocenters. The molecule has 0 amide bonds. The number of benzene rings is 4. The Bertz CT molecular complexity index is 1690. The normalized spacial score (nSPS) is 12.1. The molecular formula is C32H32N2O6S. The zero-order valence-corrected chi connectivity index (χ0v) is 24.7. The summed E-state index contributed by atoms with van der Waals surface area (Å²) in [5, 5.41) is 0. The molecule has 0 bridgehead atoms. The molecule has 0 saturated carbocycles. The van der Waals surface area contributed by atoms with E-state index in [1.54, 1.807) is 38.5 Å². The molecule has 0 fully saturated rings. The second-order valence-corrected chi connectivity index (χ2v) is 11.1. The Morgan fingerprint density at radius 2 is 1.15 bits per heavy atom. The second-order valence-electron chi connectivity index (χ2n) is 9.12. The van der Waals surface area contributed by atoms with Gasteiger partial charge in [0.25, 0.3) is 0 Å². The summed E-state index contributed by atoms with van der Waals surface area (Å²) in [4.78, 5) is 9.43. The Morgan fingerprint density at radius 1 is 0.610 bits per heavy atom. The summed E-state index contributed by atoms with van der Waals surface area (Å²) in [6.45, 7) is 3.91. The lowest BCUT2D eigenvalue weighted by Crippen LogP contribution is -2.06. The second kappa shape index (κ2) is 12.7. The number of ether oxygens (including phenoxy) is 4. The summed E-state index contributed by atoms with van der Waals surface area (Å²) in [5.74, 6) is 2.06. The van der Waals surface area contributed by atoms with Gasteiger partial charge < -0.3 is 18.9 Å². The molecule has 4 rings (SSSR count). The van der Waals surface area contributed by atoms with Gasteiger partial charge in [-0.2, -0.15) is 0 Å². The average molecular weight is 573 g/mol. The first-order chi connectivity index (χ1) is 19.7. The minimum absolute atomic E-state index is 0.143. The Kier molecular flexibility index (Phi) is 9.09. The summed E-state index contributed by atoms with van der Waals surface area (Å²) >= 11 is 0. The SMILES string of the molecule is CO/C(=N\c1ccc(S(=O)(=O)c2ccc(/N=C(\OC)c3cc(C)ccc3OC)cc2)cc1)c1cc(OC)ccc1C. The summed E-state index contributed by atoms with van der Waals surface area (Å²) < 4.78 is 48.5. The lowest BCUT2D eigenvalue weighted by molar-refractivity contribution is 0.390. The number of rotatable bonds is 8. The minimum Gasteiger partial charge on any atom is -0.497 e. The van der Waals surface area contributed by atoms with Gasteiger partial charge in [-0.15, -0.1) is 0 Å². The van der Waals surface area contributed by atoms with Gasteiger partial charge >= 0.3 is 0 Å². The van der Waals surface area contributed by atoms with E-state index in [0.29, 0.717) is 40.2 Å². The van der Waals surface area contributed by atoms with Crippen LogP contribution in [0.15, 0.2) is 105 Å². The largest absolute Gasteiger partial charge is 0.497 e. The monoisotopic (exact) mass is 572 g/mol. The van der Waals surface area contributed by atoms with Crippen LogP contribution in [-0.2, 0) is 19.3 Å². The quantitative estimate of drug-likeness (QED) is 0.174. The van der Waals surface area contributed by atoms with Gasteiger partial charge in [0.15, 0.2) is 0 Å². The van der Waals surface area contributed by atoms with E-state index in [1.165, 1.54) is 38.5 Å². The maximum atomic E-state index is 13.3. The van der Waals surface area contributed by atoms with E-state index < -0.39 is 9.84 Å². The summed E-state index contributed by atoms with van der Waals surface area (Å²) in [6.07, 6.45) is 0. The summed E-state index contributed by atoms with van der Waals surface area (Å²) in [6, 6.07) is 24.0. The molecule has 0 saturated heterocycles. The van der Waals surface area contributed by atoms with Crippen LogP contribution in [0.1, 0.15) is 22.3 Å². The fraction of sp³-hybridized carbons (Fsp3) is 0.188. The molecule has 0 aliphatic carbocycles. The maximum Gasteiger partial charge on any atom is 0.224 e. The number of hydrogen-bond donors (Lipinski definition) is 0. The molecule has 4 aromatic rings. The third-order valence-corrected chi connectivity index (χ3v) is 8.19. The molecule has 0 spiro atoms. The fourth-order valence-corrected chi connectivity index (χ4v) is 5.41. The summed E-state index contributed by atoms with van der Waals surface area (Å²) in [5.41, 5.74) is 4.56. The van der Waals surface area contributed by atoms with Crippen LogP contribution in [0, 0.1) is 13.8 Å². The molecule has 4 aromatic carbocycles. The van der Waals surface area contributed by atoms with Crippen LogP contribution in [0.3, 0.4) is 0 Å². The number of methoxy groups -OCH3 is 4. The zero-order chi connectivity index (χ0) is 29.6. The van der Waals surface area contributed by atoms with Gasteiger partial charge in [0, 0.05) is 5.56 Å². The van der Waals surface area contributed by atoms with Crippen molar-refractivity contribution in [2.24, 2.45) is 9.98 Å². The molecular weight excluding hydrogens is 540 g/mol. The van der Waals surface area contributed by atoms with Gasteiger partial charge in [0.2, 0.25) is 21.6 Å². The highest BCUT2D eigenvalue weighted by Gasteiger charge is 2.18. The van der Waals surface area contributed by atoms with Crippen LogP contribution in [0.4, 0.5) is 11.4 Å². The molecule has 0 radical (unpaired) electrons. The molecule has 0 unspecified atom stereocenters. The van der Waals surface area contributed by atoms with Crippen LogP contribution in [0.2, 0.25) is 0 Å². The molecule has 0 heterocycles. The van der Waals surface area contributed by atoms with Gasteiger partial charge in [-0.1, -0.05) is 17.7 Å². The topological polar surface area (TPSA) is 95.8 Å². The molecule has 8 nitrogen and oxygen atoms in total. The van der Waals surface area contributed by atoms with E-state index in [2.05, 4.69) is 9.98 Å². The Balaban J connectivity index is 1.59. The van der Waals surface area contributed by atoms with Crippen molar-refractivity contribution in [3.63, 3.8) is 0 Å². The van der Waals surface area contributed by atoms with E-state index in [9.17, 15) is 8.42 Å². The first kappa shape index (κ1) is 29.4. The van der Waals surface area contributed by atoms with Crippen molar-refractivity contribution in [3.8, 4) is 11.5 Å². The van der Waals surface area contributed by atoms with Gasteiger partial charge in [-0.3, -0.25) is 0 Å². The van der Waals surface area contributed by atoms with Crippen molar-refractivity contribution in [2.45, 2.75) is 23.6 Å². The van der Waals surface area contributed by atoms with E-state index in [4.69, 9.17) is 18.9 Å². The van der Waals surface area contributed by atoms with E-state index in [0.717, 1.165) is 16.7 Å². The molecule has 0 aromatic heterocycles. The maximum absolute atomic E-state index is 13.3. The van der Waals surface area contributed by atoms with E-state index in [-0.39, 0.29) is 9.79 Å². The standard InChI is InChI=1S/C32H32N2O6S/c1-21-7-18-30(38-4)29(19-21)32(40-6)34-24-11-16-27(17-12-24)41(35,36)26-14-9-23(10-15-26)33-31(39-5)28-20-25(37-3)13-8-22(28)2/h7-20H,1-6H3/b33-31-,34-32-. The van der Waals surface area contributed by atoms with E-state index in [1.807, 2.05) is 50.2 Å². The average Bonchev–Trinajstić information content (AvgIpc) is 2.99. The third-order valence-electron chi connectivity index (χ3n) is 6.40. The Morgan fingerprint density at radius 3 is 1.63 bits per heavy atom. The van der Waals surface area contributed by atoms with Crippen molar-refractivity contribution in [1.29, 1.82) is 0 Å². The van der Waals surface area contributed by atoms with Gasteiger partial charge in [-0.05, 0) is 92.2 Å². The number of sulfone groups is 1. The van der Waals surface area contributed by atoms with Crippen LogP contribution in [0.25, 0.3) is 0 Å². The molecule has 9 heteroatoms. The Hall–Kier alpha value is -4.63. The van der Waals surface area contributed by atoms with Crippen LogP contribution >= 0.6 is 0 Å². The minimum atomic E-state index is -3.77. The first-order valence-corrected chi connectivity index (χ1v) is 14.2. The molecule has 212 valence electrons. The highest BCUT2D eigenvalue weighted by atomic mass is 32.2. The lowest BCUT2D eigenvalue weighted by atomic mass is 10.1. The van der Waals surface area contributed by atoms with Gasteiger partial charge in [0.1, 0.15) is 11.5 Å². The zero-order valence-electron chi connectivity index (χ0n) is 23.8. The number of aryl methyl sites for hydroxylation is 2. The van der Waals surface area contributed by atoms with Crippen molar-refractivity contribution in [3.05, 3.63) is 107 Å². The van der Waals surface area contributed by atoms with Crippen molar-refractivity contribution in [2.75, 3.05) is 28.4 Å². The molecule has 0 N–H and O–H groups in total. The summed E-state index contributed by atoms with van der Waals surface area (Å²) in [7, 11) is 2.47.